The molecule has 2 amide bonds. The van der Waals surface area contributed by atoms with Crippen molar-refractivity contribution in [2.75, 3.05) is 29.9 Å². The number of alkyl halides is 3. The van der Waals surface area contributed by atoms with Gasteiger partial charge >= 0.3 is 6.18 Å². The summed E-state index contributed by atoms with van der Waals surface area (Å²) in [6.07, 6.45) is -3.54. The van der Waals surface area contributed by atoms with E-state index in [-0.39, 0.29) is 16.5 Å². The molecule has 4 rings (SSSR count). The van der Waals surface area contributed by atoms with E-state index in [1.165, 1.54) is 37.6 Å². The third kappa shape index (κ3) is 8.76. The van der Waals surface area contributed by atoms with Crippen LogP contribution in [0.4, 0.5) is 24.5 Å². The number of halogens is 4. The number of rotatable bonds is 12. The predicted octanol–water partition coefficient (Wildman–Crippen LogP) is 5.73. The first-order valence-corrected chi connectivity index (χ1v) is 15.1. The maximum Gasteiger partial charge on any atom is 0.416 e. The molecule has 4 aromatic carbocycles. The molecule has 0 saturated heterocycles. The number of anilines is 2. The molecule has 15 heteroatoms. The van der Waals surface area contributed by atoms with Crippen LogP contribution in [-0.2, 0) is 25.8 Å². The van der Waals surface area contributed by atoms with Crippen molar-refractivity contribution in [1.82, 2.24) is 5.43 Å². The van der Waals surface area contributed by atoms with Crippen molar-refractivity contribution in [2.45, 2.75) is 11.1 Å². The van der Waals surface area contributed by atoms with Crippen LogP contribution in [0.3, 0.4) is 0 Å². The largest absolute Gasteiger partial charge is 0.495 e. The number of ether oxygens (including phenoxy) is 2. The summed E-state index contributed by atoms with van der Waals surface area (Å²) in [4.78, 5) is 24.8. The molecule has 0 atom stereocenters. The zero-order valence-corrected chi connectivity index (χ0v) is 25.6. The molecule has 46 heavy (non-hydrogen) atoms. The van der Waals surface area contributed by atoms with Gasteiger partial charge in [0.1, 0.15) is 18.0 Å². The van der Waals surface area contributed by atoms with E-state index in [2.05, 4.69) is 15.8 Å². The van der Waals surface area contributed by atoms with E-state index >= 15 is 0 Å². The molecule has 0 saturated carbocycles. The molecule has 0 aliphatic rings. The van der Waals surface area contributed by atoms with E-state index in [0.29, 0.717) is 39.2 Å². The average molecular weight is 675 g/mol. The van der Waals surface area contributed by atoms with Gasteiger partial charge in [0.05, 0.1) is 40.2 Å². The number of amides is 2. The lowest BCUT2D eigenvalue weighted by molar-refractivity contribution is -0.137. The smallest absolute Gasteiger partial charge is 0.416 e. The summed E-state index contributed by atoms with van der Waals surface area (Å²) in [5.74, 6) is -0.495. The molecular formula is C31H26ClF3N4O6S. The van der Waals surface area contributed by atoms with Crippen LogP contribution < -0.4 is 24.5 Å². The molecule has 0 bridgehead atoms. The van der Waals surface area contributed by atoms with E-state index in [4.69, 9.17) is 21.1 Å². The fraction of sp³-hybridized carbons (Fsp3) is 0.129. The third-order valence-electron chi connectivity index (χ3n) is 6.19. The van der Waals surface area contributed by atoms with Gasteiger partial charge in [0, 0.05) is 0 Å². The van der Waals surface area contributed by atoms with E-state index in [0.717, 1.165) is 6.07 Å². The predicted molar refractivity (Wildman–Crippen MR) is 167 cm³/mol. The summed E-state index contributed by atoms with van der Waals surface area (Å²) in [6.45, 7) is -1.21. The van der Waals surface area contributed by atoms with Gasteiger partial charge in [-0.25, -0.2) is 13.8 Å². The first kappa shape index (κ1) is 33.8. The monoisotopic (exact) mass is 674 g/mol. The molecule has 240 valence electrons. The molecule has 0 unspecified atom stereocenters. The number of hydrogen-bond acceptors (Lipinski definition) is 7. The lowest BCUT2D eigenvalue weighted by Crippen LogP contribution is -2.40. The Kier molecular flexibility index (Phi) is 10.9. The minimum Gasteiger partial charge on any atom is -0.495 e. The first-order valence-electron chi connectivity index (χ1n) is 13.3. The second kappa shape index (κ2) is 14.8. The Balaban J connectivity index is 1.41. The number of benzene rings is 4. The van der Waals surface area contributed by atoms with Crippen molar-refractivity contribution < 1.29 is 40.7 Å². The highest BCUT2D eigenvalue weighted by Gasteiger charge is 2.34. The van der Waals surface area contributed by atoms with Crippen LogP contribution >= 0.6 is 11.6 Å². The van der Waals surface area contributed by atoms with Crippen LogP contribution in [0.25, 0.3) is 0 Å². The fourth-order valence-electron chi connectivity index (χ4n) is 3.98. The van der Waals surface area contributed by atoms with Crippen molar-refractivity contribution in [3.05, 3.63) is 113 Å². The molecule has 4 aromatic rings. The van der Waals surface area contributed by atoms with Gasteiger partial charge < -0.3 is 14.8 Å². The number of hydrogen-bond donors (Lipinski definition) is 2. The zero-order chi connectivity index (χ0) is 33.3. The van der Waals surface area contributed by atoms with Crippen LogP contribution in [-0.4, -0.2) is 46.7 Å². The van der Waals surface area contributed by atoms with Gasteiger partial charge in [0.15, 0.2) is 6.61 Å². The highest BCUT2D eigenvalue weighted by Crippen LogP contribution is 2.37. The number of carbonyl (C=O) groups is 2. The Morgan fingerprint density at radius 3 is 2.28 bits per heavy atom. The van der Waals surface area contributed by atoms with Crippen LogP contribution in [0.15, 0.2) is 107 Å². The van der Waals surface area contributed by atoms with Crippen molar-refractivity contribution in [2.24, 2.45) is 5.10 Å². The summed E-state index contributed by atoms with van der Waals surface area (Å²) < 4.78 is 78.4. The first-order chi connectivity index (χ1) is 21.9. The van der Waals surface area contributed by atoms with Crippen LogP contribution in [0.2, 0.25) is 5.02 Å². The number of nitrogens with one attached hydrogen (secondary N) is 2. The highest BCUT2D eigenvalue weighted by molar-refractivity contribution is 7.92. The second-order valence-corrected chi connectivity index (χ2v) is 11.7. The minimum absolute atomic E-state index is 0.264. The van der Waals surface area contributed by atoms with Crippen molar-refractivity contribution in [1.29, 1.82) is 0 Å². The molecule has 0 fully saturated rings. The van der Waals surface area contributed by atoms with Crippen LogP contribution in [0.1, 0.15) is 11.1 Å². The lowest BCUT2D eigenvalue weighted by atomic mass is 10.2. The van der Waals surface area contributed by atoms with Gasteiger partial charge in [-0.1, -0.05) is 41.9 Å². The van der Waals surface area contributed by atoms with Gasteiger partial charge in [-0.05, 0) is 72.3 Å². The van der Waals surface area contributed by atoms with Gasteiger partial charge in [0.25, 0.3) is 21.8 Å². The van der Waals surface area contributed by atoms with E-state index in [1.807, 2.05) is 0 Å². The Bertz CT molecular complexity index is 1820. The van der Waals surface area contributed by atoms with Crippen LogP contribution in [0, 0.1) is 0 Å². The minimum atomic E-state index is -4.79. The average Bonchev–Trinajstić information content (AvgIpc) is 3.03. The molecule has 10 nitrogen and oxygen atoms in total. The highest BCUT2D eigenvalue weighted by atomic mass is 35.5. The van der Waals surface area contributed by atoms with Crippen molar-refractivity contribution >= 4 is 51.0 Å². The standard InChI is InChI=1S/C31H26ClF3N4O6S/c1-44-28-10-6-5-9-26(28)37-30(41)20-45-23-14-11-21(12-15-23)18-36-38-29(40)19-39(46(42,43)24-7-3-2-4-8-24)27-17-22(31(33,34)35)13-16-25(27)32/h2-18H,19-20H2,1H3,(H,37,41)(H,38,40)/b36-18+. The number of sulfonamides is 1. The maximum absolute atomic E-state index is 13.4. The van der Waals surface area contributed by atoms with Gasteiger partial charge in [0.2, 0.25) is 0 Å². The quantitative estimate of drug-likeness (QED) is 0.146. The summed E-state index contributed by atoms with van der Waals surface area (Å²) in [5.41, 5.74) is 1.48. The number of methoxy groups -OCH3 is 1. The molecule has 0 radical (unpaired) electrons. The van der Waals surface area contributed by atoms with Gasteiger partial charge in [-0.3, -0.25) is 13.9 Å². The Labute approximate surface area is 267 Å². The molecule has 0 aliphatic heterocycles. The van der Waals surface area contributed by atoms with Gasteiger partial charge in [-0.2, -0.15) is 18.3 Å². The molecule has 0 heterocycles. The Morgan fingerprint density at radius 2 is 1.61 bits per heavy atom. The van der Waals surface area contributed by atoms with Crippen LogP contribution in [0.5, 0.6) is 11.5 Å². The van der Waals surface area contributed by atoms with Gasteiger partial charge in [-0.15, -0.1) is 0 Å². The lowest BCUT2D eigenvalue weighted by Gasteiger charge is -2.25. The van der Waals surface area contributed by atoms with Crippen molar-refractivity contribution in [3.8, 4) is 11.5 Å². The number of hydrazone groups is 1. The zero-order valence-electron chi connectivity index (χ0n) is 24.0. The molecule has 0 aromatic heterocycles. The number of para-hydroxylation sites is 2. The summed E-state index contributed by atoms with van der Waals surface area (Å²) in [7, 11) is -3.04. The normalized spacial score (nSPS) is 11.6. The summed E-state index contributed by atoms with van der Waals surface area (Å²) in [6, 6.07) is 22.2. The Morgan fingerprint density at radius 1 is 0.935 bits per heavy atom. The Hall–Kier alpha value is -5.08. The molecule has 0 aliphatic carbocycles. The van der Waals surface area contributed by atoms with E-state index < -0.39 is 45.8 Å². The maximum atomic E-state index is 13.4. The molecule has 0 spiro atoms. The third-order valence-corrected chi connectivity index (χ3v) is 8.29. The topological polar surface area (TPSA) is 126 Å². The summed E-state index contributed by atoms with van der Waals surface area (Å²) >= 11 is 6.13. The van der Waals surface area contributed by atoms with E-state index in [9.17, 15) is 31.2 Å². The molecular weight excluding hydrogens is 649 g/mol. The van der Waals surface area contributed by atoms with Crippen molar-refractivity contribution in [3.63, 3.8) is 0 Å². The number of nitrogens with zero attached hydrogens (tertiary/aromatic N) is 2. The second-order valence-electron chi connectivity index (χ2n) is 9.39. The fourth-order valence-corrected chi connectivity index (χ4v) is 5.70. The summed E-state index contributed by atoms with van der Waals surface area (Å²) in [5, 5.41) is 6.18. The number of carbonyl (C=O) groups excluding carboxylic acids is 2. The molecule has 2 N–H and O–H groups in total. The SMILES string of the molecule is COc1ccccc1NC(=O)COc1ccc(/C=N/NC(=O)CN(c2cc(C(F)(F)F)ccc2Cl)S(=O)(=O)c2ccccc2)cc1. The van der Waals surface area contributed by atoms with E-state index in [1.54, 1.807) is 54.6 Å².